The first kappa shape index (κ1) is 55.0. The predicted octanol–water partition coefficient (Wildman–Crippen LogP) is 4.77. The predicted molar refractivity (Wildman–Crippen MR) is 233 cm³/mol. The van der Waals surface area contributed by atoms with Gasteiger partial charge < -0.3 is 19.0 Å². The zero-order valence-electron chi connectivity index (χ0n) is 33.0. The van der Waals surface area contributed by atoms with Crippen molar-refractivity contribution in [3.05, 3.63) is 97.3 Å². The van der Waals surface area contributed by atoms with Gasteiger partial charge in [-0.05, 0) is 73.0 Å². The first-order valence-electron chi connectivity index (χ1n) is 17.4. The Labute approximate surface area is 421 Å². The van der Waals surface area contributed by atoms with Crippen molar-refractivity contribution in [1.29, 1.82) is 0 Å². The molecular weight excluding hydrogens is 1070 g/mol. The van der Waals surface area contributed by atoms with Crippen LogP contribution >= 0.6 is 58.0 Å². The molecule has 5 aromatic rings. The van der Waals surface area contributed by atoms with Crippen LogP contribution in [0.3, 0.4) is 0 Å². The molecule has 0 radical (unpaired) electrons. The minimum atomic E-state index is -4.72. The van der Waals surface area contributed by atoms with Gasteiger partial charge in [0.05, 0.1) is 60.6 Å². The van der Waals surface area contributed by atoms with Crippen LogP contribution in [0.15, 0.2) is 101 Å². The zero-order chi connectivity index (χ0) is 47.9. The van der Waals surface area contributed by atoms with E-state index in [9.17, 15) is 51.9 Å². The molecule has 1 aromatic heterocycles. The number of H-pyrrole nitrogens is 2. The van der Waals surface area contributed by atoms with Crippen molar-refractivity contribution >= 4 is 133 Å². The summed E-state index contributed by atoms with van der Waals surface area (Å²) in [7, 11) is -18.4. The number of ether oxygens (including phenoxy) is 2. The first-order chi connectivity index (χ1) is 30.2. The Morgan fingerprint density at radius 1 is 0.576 bits per heavy atom. The molecule has 0 aliphatic rings. The second-order valence-electron chi connectivity index (χ2n) is 12.6. The van der Waals surface area contributed by atoms with E-state index in [1.165, 1.54) is 36.4 Å². The summed E-state index contributed by atoms with van der Waals surface area (Å²) in [5.41, 5.74) is -0.803. The SMILES string of the molecule is O=S(=O)([O-])CCCOc1cc(N=Nc2ccc(Cl)c(S(=O)(=O)O)c2)c(Cl)cc1N=c1nc(Cl)[nH]c(=Nc2cc(Cl)c(N=Nc3ccc(Cl)c(S(=O)(=O)O)c3)cc2OCCCS(=O)(=O)O)[nH]1.[Na+]. The fraction of sp³-hybridized carbons (Fsp3) is 0.182. The molecule has 0 unspecified atom stereocenters. The number of aromatic nitrogens is 3. The molecule has 4 aromatic carbocycles. The van der Waals surface area contributed by atoms with Crippen molar-refractivity contribution in [2.45, 2.75) is 22.6 Å². The van der Waals surface area contributed by atoms with Crippen LogP contribution in [0.5, 0.6) is 11.5 Å². The van der Waals surface area contributed by atoms with Crippen LogP contribution in [0.25, 0.3) is 0 Å². The van der Waals surface area contributed by atoms with Crippen LogP contribution in [-0.4, -0.2) is 91.6 Å². The largest absolute Gasteiger partial charge is 1.00 e. The Morgan fingerprint density at radius 3 is 1.47 bits per heavy atom. The molecule has 0 amide bonds. The van der Waals surface area contributed by atoms with E-state index in [-0.39, 0.29) is 138 Å². The third-order valence-corrected chi connectivity index (χ3v) is 12.8. The Kier molecular flexibility index (Phi) is 19.3. The van der Waals surface area contributed by atoms with E-state index in [1.807, 2.05) is 0 Å². The molecule has 5 rings (SSSR count). The van der Waals surface area contributed by atoms with Crippen LogP contribution in [0.4, 0.5) is 34.1 Å². The Balaban J connectivity index is 0.00000952. The summed E-state index contributed by atoms with van der Waals surface area (Å²) < 4.78 is 143. The van der Waals surface area contributed by atoms with Crippen LogP contribution < -0.4 is 50.3 Å². The fourth-order valence-corrected chi connectivity index (χ4v) is 8.42. The van der Waals surface area contributed by atoms with E-state index in [4.69, 9.17) is 67.5 Å². The van der Waals surface area contributed by atoms with Gasteiger partial charge in [0.15, 0.2) is 0 Å². The average Bonchev–Trinajstić information content (AvgIpc) is 3.17. The maximum atomic E-state index is 11.7. The summed E-state index contributed by atoms with van der Waals surface area (Å²) in [6, 6.07) is 11.8. The number of aromatic amines is 2. The Bertz CT molecular complexity index is 3110. The third-order valence-electron chi connectivity index (χ3n) is 7.70. The molecule has 66 heavy (non-hydrogen) atoms. The van der Waals surface area contributed by atoms with Gasteiger partial charge in [0.25, 0.3) is 30.4 Å². The molecule has 0 aliphatic carbocycles. The van der Waals surface area contributed by atoms with Crippen LogP contribution in [0.1, 0.15) is 12.8 Å². The number of rotatable bonds is 18. The second-order valence-corrected chi connectivity index (χ2v) is 20.5. The smallest absolute Gasteiger partial charge is 0.748 e. The molecule has 0 fully saturated rings. The quantitative estimate of drug-likeness (QED) is 0.0341. The molecule has 0 bridgehead atoms. The average molecular weight is 1100 g/mol. The van der Waals surface area contributed by atoms with Crippen molar-refractivity contribution in [3.8, 4) is 11.5 Å². The molecule has 23 nitrogen and oxygen atoms in total. The fourth-order valence-electron chi connectivity index (χ4n) is 4.92. The number of halogens is 5. The van der Waals surface area contributed by atoms with E-state index >= 15 is 0 Å². The minimum absolute atomic E-state index is 0. The third kappa shape index (κ3) is 16.9. The molecule has 5 N–H and O–H groups in total. The van der Waals surface area contributed by atoms with Crippen molar-refractivity contribution in [3.63, 3.8) is 0 Å². The molecule has 0 saturated carbocycles. The molecular formula is C33H27Cl5N9NaO14S4. The maximum Gasteiger partial charge on any atom is 1.00 e. The number of nitrogens with one attached hydrogen (secondary N) is 2. The van der Waals surface area contributed by atoms with Crippen LogP contribution in [-0.2, 0) is 40.5 Å². The monoisotopic (exact) mass is 1100 g/mol. The topological polar surface area (TPSA) is 357 Å². The van der Waals surface area contributed by atoms with Gasteiger partial charge >= 0.3 is 29.6 Å². The van der Waals surface area contributed by atoms with Crippen molar-refractivity contribution in [2.75, 3.05) is 24.7 Å². The summed E-state index contributed by atoms with van der Waals surface area (Å²) in [5, 5.41) is 14.8. The van der Waals surface area contributed by atoms with Gasteiger partial charge in [0, 0.05) is 17.9 Å². The van der Waals surface area contributed by atoms with Gasteiger partial charge in [0.1, 0.15) is 44.0 Å². The minimum Gasteiger partial charge on any atom is -0.748 e. The maximum absolute atomic E-state index is 11.7. The van der Waals surface area contributed by atoms with Crippen molar-refractivity contribution in [1.82, 2.24) is 15.0 Å². The number of benzene rings is 4. The van der Waals surface area contributed by atoms with Crippen molar-refractivity contribution in [2.24, 2.45) is 30.4 Å². The van der Waals surface area contributed by atoms with E-state index in [2.05, 4.69) is 45.4 Å². The standard InChI is InChI=1S/C33H28Cl5N9O14S4.Na/c34-19-5-3-17(11-29(19)64(54,55)56)44-46-23-15-27(60-7-1-9-62(48,49)50)25(13-21(23)36)39-32-41-31(38)42-33(43-32)40-26-14-22(37)24(16-28(26)61-8-2-10-63(51,52)53)47-45-18-4-6-20(35)30(12-18)65(57,58)59;/h3-6,11-16H,1-2,7-10H2,(H,48,49,50)(H,51,52,53)(H,54,55,56)(H,57,58,59)(H2,39,40,41,42,43);/q;+1/p-1. The summed E-state index contributed by atoms with van der Waals surface area (Å²) in [4.78, 5) is 17.0. The first-order valence-corrected chi connectivity index (χ1v) is 25.3. The summed E-state index contributed by atoms with van der Waals surface area (Å²) >= 11 is 31.1. The van der Waals surface area contributed by atoms with E-state index in [0.29, 0.717) is 0 Å². The molecule has 0 saturated heterocycles. The molecule has 0 aliphatic heterocycles. The number of hydrogen-bond acceptors (Lipinski definition) is 18. The number of azo groups is 2. The zero-order valence-corrected chi connectivity index (χ0v) is 42.0. The van der Waals surface area contributed by atoms with Crippen molar-refractivity contribution < 1.29 is 90.9 Å². The van der Waals surface area contributed by atoms with Gasteiger partial charge in [-0.3, -0.25) is 18.6 Å². The molecule has 1 heterocycles. The van der Waals surface area contributed by atoms with Gasteiger partial charge in [-0.15, -0.1) is 10.2 Å². The van der Waals surface area contributed by atoms with Gasteiger partial charge in [-0.2, -0.15) is 40.5 Å². The van der Waals surface area contributed by atoms with Crippen LogP contribution in [0, 0.1) is 0 Å². The number of nitrogens with zero attached hydrogens (tertiary/aromatic N) is 7. The molecule has 33 heteroatoms. The molecule has 348 valence electrons. The summed E-state index contributed by atoms with van der Waals surface area (Å²) in [6.45, 7) is -0.613. The Morgan fingerprint density at radius 2 is 1.03 bits per heavy atom. The van der Waals surface area contributed by atoms with Crippen LogP contribution in [0.2, 0.25) is 25.4 Å². The van der Waals surface area contributed by atoms with Gasteiger partial charge in [0.2, 0.25) is 16.5 Å². The van der Waals surface area contributed by atoms with E-state index < -0.39 is 61.8 Å². The number of hydrogen-bond donors (Lipinski definition) is 5. The molecule has 0 spiro atoms. The normalized spacial score (nSPS) is 13.1. The molecule has 0 atom stereocenters. The van der Waals surface area contributed by atoms with E-state index in [0.717, 1.165) is 24.3 Å². The van der Waals surface area contributed by atoms with Gasteiger partial charge in [-0.25, -0.2) is 18.4 Å². The summed E-state index contributed by atoms with van der Waals surface area (Å²) in [6.07, 6.45) is -0.425. The summed E-state index contributed by atoms with van der Waals surface area (Å²) in [5.74, 6) is -1.61. The Hall–Kier alpha value is -3.62. The van der Waals surface area contributed by atoms with E-state index in [1.54, 1.807) is 0 Å². The van der Waals surface area contributed by atoms with Gasteiger partial charge in [-0.1, -0.05) is 46.4 Å². The second kappa shape index (κ2) is 23.1.